The predicted molar refractivity (Wildman–Crippen MR) is 129 cm³/mol. The molecule has 170 valence electrons. The van der Waals surface area contributed by atoms with Gasteiger partial charge in [0.1, 0.15) is 0 Å². The topological polar surface area (TPSA) is 103 Å². The van der Waals surface area contributed by atoms with Crippen LogP contribution in [0, 0.1) is 0 Å². The number of ether oxygens (including phenoxy) is 1. The number of piperidine rings is 1. The molecule has 2 N–H and O–H groups in total. The smallest absolute Gasteiger partial charge is 0.409 e. The van der Waals surface area contributed by atoms with E-state index in [2.05, 4.69) is 15.6 Å². The molecule has 2 aliphatic rings. The Hall–Kier alpha value is -0.470. The van der Waals surface area contributed by atoms with Gasteiger partial charge in [0.15, 0.2) is 5.96 Å². The summed E-state index contributed by atoms with van der Waals surface area (Å²) in [6, 6.07) is 0.194. The van der Waals surface area contributed by atoms with E-state index >= 15 is 0 Å². The first-order chi connectivity index (χ1) is 13.5. The van der Waals surface area contributed by atoms with E-state index in [-0.39, 0.29) is 48.4 Å². The van der Waals surface area contributed by atoms with Crippen LogP contribution >= 0.6 is 35.7 Å². The van der Waals surface area contributed by atoms with Gasteiger partial charge in [-0.25, -0.2) is 17.5 Å². The van der Waals surface area contributed by atoms with Gasteiger partial charge >= 0.3 is 6.09 Å². The Kier molecular flexibility index (Phi) is 12.6. The zero-order valence-corrected chi connectivity index (χ0v) is 21.2. The number of nitrogens with one attached hydrogen (secondary N) is 2. The number of carbonyl (C=O) groups excluding carboxylic acids is 1. The van der Waals surface area contributed by atoms with Crippen LogP contribution in [0.25, 0.3) is 0 Å². The van der Waals surface area contributed by atoms with Crippen LogP contribution in [0.5, 0.6) is 0 Å². The molecule has 0 unspecified atom stereocenters. The highest BCUT2D eigenvalue weighted by molar-refractivity contribution is 14.0. The maximum absolute atomic E-state index is 12.4. The van der Waals surface area contributed by atoms with Gasteiger partial charge in [0.05, 0.1) is 18.9 Å². The van der Waals surface area contributed by atoms with Crippen molar-refractivity contribution >= 4 is 57.8 Å². The predicted octanol–water partition coefficient (Wildman–Crippen LogP) is 1.16. The van der Waals surface area contributed by atoms with Crippen molar-refractivity contribution in [2.75, 3.05) is 63.1 Å². The number of aliphatic imine (C=N–C) groups is 1. The molecule has 2 aliphatic heterocycles. The third-order valence-electron chi connectivity index (χ3n) is 4.69. The molecule has 2 heterocycles. The number of likely N-dealkylation sites (tertiary alicyclic amines) is 1. The van der Waals surface area contributed by atoms with E-state index in [0.29, 0.717) is 45.3 Å². The lowest BCUT2D eigenvalue weighted by Crippen LogP contribution is -2.50. The van der Waals surface area contributed by atoms with E-state index in [1.54, 1.807) is 27.9 Å². The van der Waals surface area contributed by atoms with E-state index in [0.717, 1.165) is 24.3 Å². The van der Waals surface area contributed by atoms with Crippen LogP contribution in [0.2, 0.25) is 0 Å². The Bertz CT molecular complexity index is 621. The molecule has 0 saturated carbocycles. The zero-order chi connectivity index (χ0) is 20.4. The zero-order valence-electron chi connectivity index (χ0n) is 17.3. The average Bonchev–Trinajstić information content (AvgIpc) is 2.69. The lowest BCUT2D eigenvalue weighted by Gasteiger charge is -2.32. The van der Waals surface area contributed by atoms with E-state index in [4.69, 9.17) is 4.74 Å². The minimum atomic E-state index is -3.25. The summed E-state index contributed by atoms with van der Waals surface area (Å²) in [5, 5.41) is 6.53. The second-order valence-electron chi connectivity index (χ2n) is 6.69. The molecule has 0 bridgehead atoms. The standard InChI is InChI=1S/C17H33N5O4S2.HI/c1-3-18-16(19-7-14-28(24,25)22-10-12-27-13-11-22)20-15-5-8-21(9-6-15)17(23)26-4-2;/h15H,3-14H2,1-2H3,(H2,18,19,20);1H. The summed E-state index contributed by atoms with van der Waals surface area (Å²) in [6.07, 6.45) is 1.34. The molecule has 2 rings (SSSR count). The first-order valence-electron chi connectivity index (χ1n) is 9.98. The fraction of sp³-hybridized carbons (Fsp3) is 0.882. The molecule has 12 heteroatoms. The third-order valence-corrected chi connectivity index (χ3v) is 7.48. The van der Waals surface area contributed by atoms with Crippen molar-refractivity contribution < 1.29 is 17.9 Å². The summed E-state index contributed by atoms with van der Waals surface area (Å²) in [5.74, 6) is 2.37. The van der Waals surface area contributed by atoms with Crippen LogP contribution in [0.15, 0.2) is 4.99 Å². The molecular formula is C17H34IN5O4S2. The van der Waals surface area contributed by atoms with Gasteiger partial charge in [-0.15, -0.1) is 24.0 Å². The second-order valence-corrected chi connectivity index (χ2v) is 10.0. The van der Waals surface area contributed by atoms with Gasteiger partial charge < -0.3 is 20.3 Å². The Morgan fingerprint density at radius 1 is 1.17 bits per heavy atom. The SMILES string of the molecule is CCNC(=NCCS(=O)(=O)N1CCSCC1)NC1CCN(C(=O)OCC)CC1.I. The van der Waals surface area contributed by atoms with Crippen LogP contribution in [0.3, 0.4) is 0 Å². The Balaban J connectivity index is 0.00000420. The summed E-state index contributed by atoms with van der Waals surface area (Å²) in [7, 11) is -3.25. The second kappa shape index (κ2) is 13.8. The number of thioether (sulfide) groups is 1. The summed E-state index contributed by atoms with van der Waals surface area (Å²) in [4.78, 5) is 17.9. The van der Waals surface area contributed by atoms with Crippen molar-refractivity contribution in [1.29, 1.82) is 0 Å². The van der Waals surface area contributed by atoms with Crippen LogP contribution in [0.1, 0.15) is 26.7 Å². The molecule has 2 saturated heterocycles. The maximum atomic E-state index is 12.4. The van der Waals surface area contributed by atoms with Crippen LogP contribution in [0.4, 0.5) is 4.79 Å². The van der Waals surface area contributed by atoms with Crippen LogP contribution in [-0.2, 0) is 14.8 Å². The first-order valence-corrected chi connectivity index (χ1v) is 12.7. The summed E-state index contributed by atoms with van der Waals surface area (Å²) < 4.78 is 31.5. The first kappa shape index (κ1) is 26.6. The van der Waals surface area contributed by atoms with Crippen molar-refractivity contribution in [3.63, 3.8) is 0 Å². The number of hydrogen-bond acceptors (Lipinski definition) is 6. The average molecular weight is 564 g/mol. The van der Waals surface area contributed by atoms with Crippen molar-refractivity contribution in [3.05, 3.63) is 0 Å². The summed E-state index contributed by atoms with van der Waals surface area (Å²) in [5.41, 5.74) is 0. The number of amides is 1. The molecule has 1 amide bonds. The summed E-state index contributed by atoms with van der Waals surface area (Å²) >= 11 is 1.79. The number of halogens is 1. The highest BCUT2D eigenvalue weighted by atomic mass is 127. The Morgan fingerprint density at radius 2 is 1.83 bits per heavy atom. The molecule has 9 nitrogen and oxygen atoms in total. The van der Waals surface area contributed by atoms with E-state index in [9.17, 15) is 13.2 Å². The maximum Gasteiger partial charge on any atom is 0.409 e. The van der Waals surface area contributed by atoms with Crippen molar-refractivity contribution in [3.8, 4) is 0 Å². The molecule has 29 heavy (non-hydrogen) atoms. The number of sulfonamides is 1. The lowest BCUT2D eigenvalue weighted by atomic mass is 10.1. The molecule has 0 atom stereocenters. The largest absolute Gasteiger partial charge is 0.450 e. The van der Waals surface area contributed by atoms with Crippen LogP contribution in [-0.4, -0.2) is 98.9 Å². The lowest BCUT2D eigenvalue weighted by molar-refractivity contribution is 0.0963. The van der Waals surface area contributed by atoms with Crippen molar-refractivity contribution in [1.82, 2.24) is 19.8 Å². The molecule has 2 fully saturated rings. The normalized spacial score (nSPS) is 19.4. The van der Waals surface area contributed by atoms with Crippen molar-refractivity contribution in [2.24, 2.45) is 4.99 Å². The monoisotopic (exact) mass is 563 g/mol. The molecule has 0 aromatic carbocycles. The van der Waals surface area contributed by atoms with Gasteiger partial charge in [-0.05, 0) is 26.7 Å². The van der Waals surface area contributed by atoms with Gasteiger partial charge in [0.2, 0.25) is 10.0 Å². The molecule has 0 aromatic heterocycles. The number of carbonyl (C=O) groups is 1. The van der Waals surface area contributed by atoms with Gasteiger partial charge in [-0.1, -0.05) is 0 Å². The molecule has 0 radical (unpaired) electrons. The molecular weight excluding hydrogens is 529 g/mol. The van der Waals surface area contributed by atoms with Crippen molar-refractivity contribution in [2.45, 2.75) is 32.7 Å². The van der Waals surface area contributed by atoms with E-state index < -0.39 is 10.0 Å². The minimum absolute atomic E-state index is 0. The minimum Gasteiger partial charge on any atom is -0.450 e. The van der Waals surface area contributed by atoms with E-state index in [1.165, 1.54) is 0 Å². The number of hydrogen-bond donors (Lipinski definition) is 2. The number of nitrogens with zero attached hydrogens (tertiary/aromatic N) is 3. The van der Waals surface area contributed by atoms with Gasteiger partial charge in [-0.3, -0.25) is 4.99 Å². The third kappa shape index (κ3) is 9.05. The number of rotatable bonds is 7. The van der Waals surface area contributed by atoms with E-state index in [1.807, 2.05) is 6.92 Å². The fourth-order valence-electron chi connectivity index (χ4n) is 3.16. The number of guanidine groups is 1. The fourth-order valence-corrected chi connectivity index (χ4v) is 5.61. The molecule has 0 aromatic rings. The van der Waals surface area contributed by atoms with Gasteiger partial charge in [0, 0.05) is 50.3 Å². The quantitative estimate of drug-likeness (QED) is 0.272. The molecule has 0 spiro atoms. The Morgan fingerprint density at radius 3 is 2.41 bits per heavy atom. The van der Waals surface area contributed by atoms with Crippen LogP contribution < -0.4 is 10.6 Å². The highest BCUT2D eigenvalue weighted by Gasteiger charge is 2.25. The van der Waals surface area contributed by atoms with Gasteiger partial charge in [0.25, 0.3) is 0 Å². The van der Waals surface area contributed by atoms with Gasteiger partial charge in [-0.2, -0.15) is 11.8 Å². The molecule has 0 aliphatic carbocycles. The highest BCUT2D eigenvalue weighted by Crippen LogP contribution is 2.14. The Labute approximate surface area is 195 Å². The summed E-state index contributed by atoms with van der Waals surface area (Å²) in [6.45, 7) is 7.54.